The number of unbranched alkanes of at least 4 members (excludes halogenated alkanes) is 1. The number of aliphatic hydroxyl groups excluding tert-OH is 1. The van der Waals surface area contributed by atoms with Crippen LogP contribution >= 0.6 is 11.3 Å². The first-order valence-corrected chi connectivity index (χ1v) is 10.7. The molecule has 1 aromatic carbocycles. The number of ketones is 1. The lowest BCUT2D eigenvalue weighted by Crippen LogP contribution is -2.16. The molecule has 0 spiro atoms. The number of Topliss-reactive ketones (excluding diaryl/α,β-unsaturated/α-hetero) is 1. The number of hydrogen-bond acceptors (Lipinski definition) is 4. The third-order valence-electron chi connectivity index (χ3n) is 5.27. The molecule has 29 heavy (non-hydrogen) atoms. The Hall–Kier alpha value is -2.31. The van der Waals surface area contributed by atoms with Crippen molar-refractivity contribution in [1.29, 1.82) is 0 Å². The Morgan fingerprint density at radius 2 is 2.10 bits per heavy atom. The number of thiophene rings is 1. The highest BCUT2D eigenvalue weighted by atomic mass is 32.1. The van der Waals surface area contributed by atoms with Gasteiger partial charge in [-0.3, -0.25) is 9.59 Å². The van der Waals surface area contributed by atoms with Gasteiger partial charge >= 0.3 is 5.97 Å². The molecule has 6 heteroatoms. The summed E-state index contributed by atoms with van der Waals surface area (Å²) in [6.07, 6.45) is 6.52. The van der Waals surface area contributed by atoms with Crippen LogP contribution in [0.2, 0.25) is 0 Å². The molecule has 1 saturated carbocycles. The fourth-order valence-electron chi connectivity index (χ4n) is 3.70. The molecule has 1 heterocycles. The van der Waals surface area contributed by atoms with Crippen LogP contribution in [0.4, 0.5) is 4.39 Å². The maximum atomic E-state index is 14.3. The van der Waals surface area contributed by atoms with Gasteiger partial charge in [-0.05, 0) is 36.8 Å². The van der Waals surface area contributed by atoms with Crippen LogP contribution in [0.3, 0.4) is 0 Å². The van der Waals surface area contributed by atoms with E-state index >= 15 is 0 Å². The molecular weight excluding hydrogens is 391 g/mol. The number of carboxylic acid groups (broad SMARTS) is 1. The molecule has 1 aromatic heterocycles. The zero-order valence-corrected chi connectivity index (χ0v) is 16.9. The molecule has 3 rings (SSSR count). The minimum Gasteiger partial charge on any atom is -0.481 e. The number of carbonyl (C=O) groups is 2. The highest BCUT2D eigenvalue weighted by Gasteiger charge is 2.40. The van der Waals surface area contributed by atoms with E-state index in [9.17, 15) is 19.1 Å². The van der Waals surface area contributed by atoms with Gasteiger partial charge in [0.2, 0.25) is 0 Å². The number of aliphatic hydroxyl groups is 1. The predicted octanol–water partition coefficient (Wildman–Crippen LogP) is 5.24. The van der Waals surface area contributed by atoms with E-state index in [1.54, 1.807) is 12.2 Å². The van der Waals surface area contributed by atoms with E-state index in [0.29, 0.717) is 19.3 Å². The summed E-state index contributed by atoms with van der Waals surface area (Å²) in [5, 5.41) is 20.2. The minimum atomic E-state index is -1.19. The molecule has 1 unspecified atom stereocenters. The fraction of sp³-hybridized carbons (Fsp3) is 0.391. The zero-order valence-electron chi connectivity index (χ0n) is 16.0. The molecule has 4 atom stereocenters. The molecule has 1 fully saturated rings. The topological polar surface area (TPSA) is 74.6 Å². The average molecular weight is 417 g/mol. The van der Waals surface area contributed by atoms with E-state index in [1.165, 1.54) is 11.3 Å². The second-order valence-electron chi connectivity index (χ2n) is 7.39. The van der Waals surface area contributed by atoms with Crippen LogP contribution in [0.1, 0.15) is 43.1 Å². The highest BCUT2D eigenvalue weighted by Crippen LogP contribution is 2.37. The van der Waals surface area contributed by atoms with Crippen LogP contribution in [-0.2, 0) is 9.59 Å². The van der Waals surface area contributed by atoms with Crippen LogP contribution in [0, 0.1) is 11.8 Å². The number of rotatable bonds is 9. The van der Waals surface area contributed by atoms with E-state index in [1.807, 2.05) is 42.5 Å². The smallest absolute Gasteiger partial charge is 0.303 e. The van der Waals surface area contributed by atoms with Crippen LogP contribution in [0.25, 0.3) is 10.1 Å². The van der Waals surface area contributed by atoms with Crippen molar-refractivity contribution in [1.82, 2.24) is 0 Å². The number of benzene rings is 1. The third kappa shape index (κ3) is 5.61. The second-order valence-corrected chi connectivity index (χ2v) is 8.50. The molecule has 0 aliphatic heterocycles. The van der Waals surface area contributed by atoms with E-state index in [-0.39, 0.29) is 18.6 Å². The largest absolute Gasteiger partial charge is 0.481 e. The summed E-state index contributed by atoms with van der Waals surface area (Å²) in [4.78, 5) is 23.5. The Bertz CT molecular complexity index is 883. The molecular formula is C23H25FO4S. The van der Waals surface area contributed by atoms with Crippen molar-refractivity contribution in [2.24, 2.45) is 11.8 Å². The van der Waals surface area contributed by atoms with Gasteiger partial charge in [0.1, 0.15) is 18.1 Å². The standard InChI is InChI=1S/C23H25FO4S/c24-18-14-20(26)17(16(18)8-3-1-2-4-10-23(27)28)11-12-19(25)22-13-15-7-5-6-9-21(15)29-22/h1,3,5-7,9,11-13,16-19,25H,2,4,8,10,14H2,(H,27,28)/t16-,17-,18-,19?/m1/s1. The van der Waals surface area contributed by atoms with Gasteiger partial charge in [-0.25, -0.2) is 4.39 Å². The molecule has 154 valence electrons. The second kappa shape index (κ2) is 9.94. The average Bonchev–Trinajstić information content (AvgIpc) is 3.23. The van der Waals surface area contributed by atoms with Crippen molar-refractivity contribution in [2.45, 2.75) is 44.4 Å². The first kappa shape index (κ1) is 21.4. The monoisotopic (exact) mass is 416 g/mol. The van der Waals surface area contributed by atoms with Gasteiger partial charge in [0.25, 0.3) is 0 Å². The van der Waals surface area contributed by atoms with Gasteiger partial charge in [0.15, 0.2) is 0 Å². The molecule has 0 bridgehead atoms. The number of allylic oxidation sites excluding steroid dienone is 3. The van der Waals surface area contributed by atoms with Crippen LogP contribution in [-0.4, -0.2) is 28.1 Å². The lowest BCUT2D eigenvalue weighted by molar-refractivity contribution is -0.137. The normalized spacial score (nSPS) is 23.5. The Labute approximate surface area is 173 Å². The van der Waals surface area contributed by atoms with E-state index in [0.717, 1.165) is 15.0 Å². The molecule has 4 nitrogen and oxygen atoms in total. The fourth-order valence-corrected chi connectivity index (χ4v) is 4.73. The Balaban J connectivity index is 1.61. The van der Waals surface area contributed by atoms with Crippen molar-refractivity contribution in [2.75, 3.05) is 0 Å². The van der Waals surface area contributed by atoms with E-state index < -0.39 is 30.1 Å². The van der Waals surface area contributed by atoms with E-state index in [4.69, 9.17) is 5.11 Å². The summed E-state index contributed by atoms with van der Waals surface area (Å²) < 4.78 is 15.4. The van der Waals surface area contributed by atoms with Crippen molar-refractivity contribution in [3.8, 4) is 0 Å². The van der Waals surface area contributed by atoms with Crippen LogP contribution < -0.4 is 0 Å². The number of hydrogen-bond donors (Lipinski definition) is 2. The molecule has 2 aromatic rings. The first-order chi connectivity index (χ1) is 14.0. The highest BCUT2D eigenvalue weighted by molar-refractivity contribution is 7.19. The Morgan fingerprint density at radius 3 is 2.86 bits per heavy atom. The zero-order chi connectivity index (χ0) is 20.8. The van der Waals surface area contributed by atoms with Crippen LogP contribution in [0.5, 0.6) is 0 Å². The van der Waals surface area contributed by atoms with Gasteiger partial charge < -0.3 is 10.2 Å². The number of fused-ring (bicyclic) bond motifs is 1. The maximum Gasteiger partial charge on any atom is 0.303 e. The third-order valence-corrected chi connectivity index (χ3v) is 6.45. The van der Waals surface area contributed by atoms with Crippen molar-refractivity contribution < 1.29 is 24.2 Å². The van der Waals surface area contributed by atoms with Crippen molar-refractivity contribution in [3.05, 3.63) is 59.5 Å². The number of aliphatic carboxylic acids is 1. The molecule has 1 aliphatic carbocycles. The van der Waals surface area contributed by atoms with Crippen molar-refractivity contribution in [3.63, 3.8) is 0 Å². The quantitative estimate of drug-likeness (QED) is 0.433. The van der Waals surface area contributed by atoms with Gasteiger partial charge in [-0.1, -0.05) is 42.5 Å². The SMILES string of the molecule is O=C(O)CCCC=CC[C@H]1[C@H](F)CC(=O)[C@@H]1C=CC(O)c1cc2ccccc2s1. The molecule has 0 amide bonds. The summed E-state index contributed by atoms with van der Waals surface area (Å²) in [5.74, 6) is -1.95. The van der Waals surface area contributed by atoms with E-state index in [2.05, 4.69) is 0 Å². The molecule has 1 aliphatic rings. The van der Waals surface area contributed by atoms with Gasteiger partial charge in [0, 0.05) is 34.3 Å². The minimum absolute atomic E-state index is 0.0918. The summed E-state index contributed by atoms with van der Waals surface area (Å²) in [6, 6.07) is 9.80. The Kier molecular flexibility index (Phi) is 7.34. The molecule has 0 saturated heterocycles. The summed E-state index contributed by atoms with van der Waals surface area (Å²) in [7, 11) is 0. The van der Waals surface area contributed by atoms with Gasteiger partial charge in [0.05, 0.1) is 0 Å². The molecule has 0 radical (unpaired) electrons. The van der Waals surface area contributed by atoms with Gasteiger partial charge in [-0.2, -0.15) is 0 Å². The lowest BCUT2D eigenvalue weighted by atomic mass is 9.90. The summed E-state index contributed by atoms with van der Waals surface area (Å²) in [5.41, 5.74) is 0. The summed E-state index contributed by atoms with van der Waals surface area (Å²) >= 11 is 1.50. The van der Waals surface area contributed by atoms with Crippen molar-refractivity contribution >= 4 is 33.2 Å². The van der Waals surface area contributed by atoms with Crippen LogP contribution in [0.15, 0.2) is 54.6 Å². The number of carbonyl (C=O) groups excluding carboxylic acids is 1. The number of alkyl halides is 1. The first-order valence-electron chi connectivity index (χ1n) is 9.84. The number of carboxylic acids is 1. The summed E-state index contributed by atoms with van der Waals surface area (Å²) in [6.45, 7) is 0. The predicted molar refractivity (Wildman–Crippen MR) is 113 cm³/mol. The molecule has 2 N–H and O–H groups in total. The number of halogens is 1. The maximum absolute atomic E-state index is 14.3. The van der Waals surface area contributed by atoms with Gasteiger partial charge in [-0.15, -0.1) is 11.3 Å². The lowest BCUT2D eigenvalue weighted by Gasteiger charge is -2.15. The Morgan fingerprint density at radius 1 is 1.31 bits per heavy atom.